The van der Waals surface area contributed by atoms with E-state index < -0.39 is 11.7 Å². The van der Waals surface area contributed by atoms with Gasteiger partial charge in [0.2, 0.25) is 5.95 Å². The maximum absolute atomic E-state index is 13.7. The molecule has 0 aliphatic carbocycles. The monoisotopic (exact) mass is 431 g/mol. The molecule has 2 N–H and O–H groups in total. The van der Waals surface area contributed by atoms with Crippen LogP contribution in [-0.2, 0) is 6.18 Å². The molecular formula is C24H16F3N5. The summed E-state index contributed by atoms with van der Waals surface area (Å²) >= 11 is 0. The first-order chi connectivity index (χ1) is 15.5. The number of para-hydroxylation sites is 1. The molecule has 5 rings (SSSR count). The standard InChI is InChI=1S/C24H16F3N5/c25-24(26,27)18-12-6-4-10-16(18)21-14-20(15-8-2-1-3-9-15)28-23(29-21)30-22-17-11-5-7-13-19(17)31-32-22/h1-14H,(H2,28,29,30,31,32). The number of fused-ring (bicyclic) bond motifs is 1. The first-order valence-electron chi connectivity index (χ1n) is 9.80. The van der Waals surface area contributed by atoms with Crippen LogP contribution in [0, 0.1) is 0 Å². The number of hydrogen-bond acceptors (Lipinski definition) is 4. The van der Waals surface area contributed by atoms with Crippen LogP contribution >= 0.6 is 0 Å². The SMILES string of the molecule is FC(F)(F)c1ccccc1-c1cc(-c2ccccc2)nc(Nc2n[nH]c3ccccc23)n1. The van der Waals surface area contributed by atoms with Gasteiger partial charge in [0.25, 0.3) is 0 Å². The van der Waals surface area contributed by atoms with Gasteiger partial charge in [-0.3, -0.25) is 5.10 Å². The predicted molar refractivity (Wildman–Crippen MR) is 117 cm³/mol. The van der Waals surface area contributed by atoms with Crippen LogP contribution in [0.1, 0.15) is 5.56 Å². The van der Waals surface area contributed by atoms with E-state index in [1.54, 1.807) is 12.1 Å². The number of aromatic amines is 1. The fourth-order valence-electron chi connectivity index (χ4n) is 3.52. The summed E-state index contributed by atoms with van der Waals surface area (Å²) in [5, 5.41) is 11.0. The van der Waals surface area contributed by atoms with Crippen molar-refractivity contribution in [1.29, 1.82) is 0 Å². The van der Waals surface area contributed by atoms with Gasteiger partial charge in [-0.2, -0.15) is 18.3 Å². The number of alkyl halides is 3. The van der Waals surface area contributed by atoms with Gasteiger partial charge in [-0.1, -0.05) is 60.7 Å². The van der Waals surface area contributed by atoms with E-state index in [9.17, 15) is 13.2 Å². The van der Waals surface area contributed by atoms with Crippen molar-refractivity contribution in [3.63, 3.8) is 0 Å². The highest BCUT2D eigenvalue weighted by Gasteiger charge is 2.33. The lowest BCUT2D eigenvalue weighted by atomic mass is 10.0. The number of aromatic nitrogens is 4. The predicted octanol–water partition coefficient (Wildman–Crippen LogP) is 6.45. The molecule has 0 saturated heterocycles. The minimum atomic E-state index is -4.51. The molecule has 0 aliphatic heterocycles. The number of nitrogens with zero attached hydrogens (tertiary/aromatic N) is 3. The smallest absolute Gasteiger partial charge is 0.307 e. The number of anilines is 2. The quantitative estimate of drug-likeness (QED) is 0.343. The summed E-state index contributed by atoms with van der Waals surface area (Å²) in [5.74, 6) is 0.636. The number of rotatable bonds is 4. The number of H-pyrrole nitrogens is 1. The van der Waals surface area contributed by atoms with Gasteiger partial charge in [0.15, 0.2) is 5.82 Å². The molecule has 0 fully saturated rings. The average molecular weight is 431 g/mol. The van der Waals surface area contributed by atoms with E-state index in [-0.39, 0.29) is 17.2 Å². The van der Waals surface area contributed by atoms with Crippen LogP contribution in [0.15, 0.2) is 84.9 Å². The Morgan fingerprint density at radius 2 is 1.44 bits per heavy atom. The number of halogens is 3. The summed E-state index contributed by atoms with van der Waals surface area (Å²) in [6.45, 7) is 0. The average Bonchev–Trinajstić information content (AvgIpc) is 3.22. The Bertz CT molecular complexity index is 1390. The third kappa shape index (κ3) is 3.78. The van der Waals surface area contributed by atoms with E-state index in [4.69, 9.17) is 0 Å². The van der Waals surface area contributed by atoms with Gasteiger partial charge < -0.3 is 5.32 Å². The molecule has 8 heteroatoms. The second-order valence-electron chi connectivity index (χ2n) is 7.11. The molecule has 0 spiro atoms. The van der Waals surface area contributed by atoms with Gasteiger partial charge in [0, 0.05) is 16.5 Å². The van der Waals surface area contributed by atoms with Crippen molar-refractivity contribution in [2.45, 2.75) is 6.18 Å². The molecule has 3 aromatic carbocycles. The molecule has 2 heterocycles. The molecule has 0 radical (unpaired) electrons. The molecule has 32 heavy (non-hydrogen) atoms. The second-order valence-corrected chi connectivity index (χ2v) is 7.11. The lowest BCUT2D eigenvalue weighted by molar-refractivity contribution is -0.137. The van der Waals surface area contributed by atoms with E-state index in [0.29, 0.717) is 11.5 Å². The highest BCUT2D eigenvalue weighted by molar-refractivity contribution is 5.91. The molecule has 5 nitrogen and oxygen atoms in total. The minimum absolute atomic E-state index is 0.0190. The lowest BCUT2D eigenvalue weighted by Gasteiger charge is -2.14. The highest BCUT2D eigenvalue weighted by Crippen LogP contribution is 2.37. The molecule has 5 aromatic rings. The van der Waals surface area contributed by atoms with Crippen LogP contribution < -0.4 is 5.32 Å². The van der Waals surface area contributed by atoms with E-state index >= 15 is 0 Å². The van der Waals surface area contributed by atoms with Crippen LogP contribution in [0.5, 0.6) is 0 Å². The number of nitrogens with one attached hydrogen (secondary N) is 2. The van der Waals surface area contributed by atoms with Crippen molar-refractivity contribution in [3.8, 4) is 22.5 Å². The molecule has 0 unspecified atom stereocenters. The van der Waals surface area contributed by atoms with E-state index in [1.165, 1.54) is 12.1 Å². The Labute approximate surface area is 181 Å². The second kappa shape index (κ2) is 7.81. The van der Waals surface area contributed by atoms with E-state index in [0.717, 1.165) is 22.5 Å². The van der Waals surface area contributed by atoms with Crippen molar-refractivity contribution in [3.05, 3.63) is 90.5 Å². The Balaban J connectivity index is 1.67. The van der Waals surface area contributed by atoms with Crippen LogP contribution in [0.3, 0.4) is 0 Å². The third-order valence-corrected chi connectivity index (χ3v) is 5.00. The maximum atomic E-state index is 13.7. The van der Waals surface area contributed by atoms with Crippen molar-refractivity contribution < 1.29 is 13.2 Å². The Morgan fingerprint density at radius 3 is 2.25 bits per heavy atom. The lowest BCUT2D eigenvalue weighted by Crippen LogP contribution is -2.08. The first kappa shape index (κ1) is 19.7. The molecule has 0 saturated carbocycles. The van der Waals surface area contributed by atoms with Crippen molar-refractivity contribution >= 4 is 22.7 Å². The topological polar surface area (TPSA) is 66.5 Å². The number of benzene rings is 3. The van der Waals surface area contributed by atoms with Crippen LogP contribution in [0.4, 0.5) is 24.9 Å². The van der Waals surface area contributed by atoms with Crippen molar-refractivity contribution in [1.82, 2.24) is 20.2 Å². The zero-order chi connectivity index (χ0) is 22.1. The summed E-state index contributed by atoms with van der Waals surface area (Å²) in [5.41, 5.74) is 1.46. The fraction of sp³-hybridized carbons (Fsp3) is 0.0417. The Morgan fingerprint density at radius 1 is 0.750 bits per heavy atom. The van der Waals surface area contributed by atoms with Crippen LogP contribution in [0.2, 0.25) is 0 Å². The molecule has 158 valence electrons. The van der Waals surface area contributed by atoms with Crippen LogP contribution in [-0.4, -0.2) is 20.2 Å². The molecule has 2 aromatic heterocycles. The van der Waals surface area contributed by atoms with Gasteiger partial charge in [0.05, 0.1) is 22.5 Å². The third-order valence-electron chi connectivity index (χ3n) is 5.00. The Kier molecular flexibility index (Phi) is 4.82. The fourth-order valence-corrected chi connectivity index (χ4v) is 3.52. The molecule has 0 atom stereocenters. The highest BCUT2D eigenvalue weighted by atomic mass is 19.4. The van der Waals surface area contributed by atoms with Gasteiger partial charge in [-0.15, -0.1) is 0 Å². The largest absolute Gasteiger partial charge is 0.417 e. The first-order valence-corrected chi connectivity index (χ1v) is 9.80. The summed E-state index contributed by atoms with van der Waals surface area (Å²) in [7, 11) is 0. The Hall–Kier alpha value is -4.20. The van der Waals surface area contributed by atoms with Gasteiger partial charge in [-0.05, 0) is 24.3 Å². The van der Waals surface area contributed by atoms with E-state index in [2.05, 4.69) is 25.5 Å². The minimum Gasteiger partial charge on any atom is -0.307 e. The maximum Gasteiger partial charge on any atom is 0.417 e. The zero-order valence-corrected chi connectivity index (χ0v) is 16.6. The van der Waals surface area contributed by atoms with E-state index in [1.807, 2.05) is 54.6 Å². The van der Waals surface area contributed by atoms with Crippen molar-refractivity contribution in [2.24, 2.45) is 0 Å². The van der Waals surface area contributed by atoms with Gasteiger partial charge >= 0.3 is 6.18 Å². The zero-order valence-electron chi connectivity index (χ0n) is 16.6. The summed E-state index contributed by atoms with van der Waals surface area (Å²) in [6.07, 6.45) is -4.51. The molecular weight excluding hydrogens is 415 g/mol. The summed E-state index contributed by atoms with van der Waals surface area (Å²) in [4.78, 5) is 8.95. The molecule has 0 bridgehead atoms. The molecule has 0 amide bonds. The summed E-state index contributed by atoms with van der Waals surface area (Å²) < 4.78 is 41.0. The normalized spacial score (nSPS) is 11.6. The van der Waals surface area contributed by atoms with Crippen molar-refractivity contribution in [2.75, 3.05) is 5.32 Å². The van der Waals surface area contributed by atoms with Gasteiger partial charge in [0.1, 0.15) is 0 Å². The number of hydrogen-bond donors (Lipinski definition) is 2. The molecule has 0 aliphatic rings. The van der Waals surface area contributed by atoms with Crippen LogP contribution in [0.25, 0.3) is 33.4 Å². The van der Waals surface area contributed by atoms with Gasteiger partial charge in [-0.25, -0.2) is 9.97 Å². The summed E-state index contributed by atoms with van der Waals surface area (Å²) in [6, 6.07) is 23.7.